The van der Waals surface area contributed by atoms with E-state index in [1.165, 1.54) is 19.5 Å². The van der Waals surface area contributed by atoms with Gasteiger partial charge in [-0.05, 0) is 45.8 Å². The summed E-state index contributed by atoms with van der Waals surface area (Å²) in [5.74, 6) is 0. The topological polar surface area (TPSA) is 52.7 Å². The number of rotatable bonds is 2. The summed E-state index contributed by atoms with van der Waals surface area (Å²) < 4.78 is 0. The number of nitrogens with zero attached hydrogens (tertiary/aromatic N) is 2. The molecule has 0 aromatic carbocycles. The fourth-order valence-electron chi connectivity index (χ4n) is 3.01. The van der Waals surface area contributed by atoms with E-state index >= 15 is 0 Å². The second kappa shape index (κ2) is 5.00. The van der Waals surface area contributed by atoms with Crippen molar-refractivity contribution in [3.63, 3.8) is 0 Å². The van der Waals surface area contributed by atoms with E-state index in [4.69, 9.17) is 5.73 Å². The first-order valence-corrected chi connectivity index (χ1v) is 6.45. The van der Waals surface area contributed by atoms with Gasteiger partial charge < -0.3 is 15.7 Å². The van der Waals surface area contributed by atoms with Crippen molar-refractivity contribution < 1.29 is 5.11 Å². The summed E-state index contributed by atoms with van der Waals surface area (Å²) in [6, 6.07) is 0.601. The predicted octanol–water partition coefficient (Wildman–Crippen LogP) is -0.134. The van der Waals surface area contributed by atoms with Crippen LogP contribution in [0.1, 0.15) is 25.7 Å². The number of nitrogens with two attached hydrogens (primary N) is 1. The Labute approximate surface area is 98.4 Å². The van der Waals surface area contributed by atoms with Crippen LogP contribution in [-0.4, -0.2) is 66.3 Å². The van der Waals surface area contributed by atoms with E-state index in [1.807, 2.05) is 0 Å². The molecule has 0 spiro atoms. The minimum Gasteiger partial charge on any atom is -0.394 e. The lowest BCUT2D eigenvalue weighted by atomic mass is 10.0. The Bertz CT molecular complexity index is 234. The monoisotopic (exact) mass is 227 g/mol. The van der Waals surface area contributed by atoms with Crippen LogP contribution in [-0.2, 0) is 0 Å². The molecule has 4 heteroatoms. The smallest absolute Gasteiger partial charge is 0.0611 e. The Balaban J connectivity index is 1.89. The van der Waals surface area contributed by atoms with Gasteiger partial charge in [-0.2, -0.15) is 0 Å². The summed E-state index contributed by atoms with van der Waals surface area (Å²) in [7, 11) is 2.19. The zero-order valence-corrected chi connectivity index (χ0v) is 10.4. The van der Waals surface area contributed by atoms with Crippen LogP contribution in [0.5, 0.6) is 0 Å². The molecule has 0 bridgehead atoms. The summed E-state index contributed by atoms with van der Waals surface area (Å²) >= 11 is 0. The maximum atomic E-state index is 9.29. The highest BCUT2D eigenvalue weighted by molar-refractivity contribution is 4.97. The van der Waals surface area contributed by atoms with Crippen molar-refractivity contribution in [2.45, 2.75) is 37.3 Å². The second-order valence-electron chi connectivity index (χ2n) is 5.61. The van der Waals surface area contributed by atoms with Crippen molar-refractivity contribution >= 4 is 0 Å². The standard InChI is InChI=1S/C12H25N3O/c1-14-5-2-6-15(8-7-14)11-3-4-12(13,9-11)10-16/h11,16H,2-10,13H2,1H3. The van der Waals surface area contributed by atoms with Gasteiger partial charge in [0.05, 0.1) is 6.61 Å². The molecule has 2 fully saturated rings. The average Bonchev–Trinajstić information content (AvgIpc) is 2.53. The molecule has 2 atom stereocenters. The highest BCUT2D eigenvalue weighted by Gasteiger charge is 2.37. The van der Waals surface area contributed by atoms with Crippen LogP contribution in [0.3, 0.4) is 0 Å². The van der Waals surface area contributed by atoms with E-state index in [-0.39, 0.29) is 12.1 Å². The van der Waals surface area contributed by atoms with E-state index in [0.29, 0.717) is 6.04 Å². The minimum atomic E-state index is -0.303. The molecular weight excluding hydrogens is 202 g/mol. The third-order valence-corrected chi connectivity index (χ3v) is 4.20. The van der Waals surface area contributed by atoms with E-state index < -0.39 is 0 Å². The zero-order chi connectivity index (χ0) is 11.6. The third-order valence-electron chi connectivity index (χ3n) is 4.20. The lowest BCUT2D eigenvalue weighted by Crippen LogP contribution is -2.44. The Morgan fingerprint density at radius 3 is 2.81 bits per heavy atom. The van der Waals surface area contributed by atoms with Crippen LogP contribution >= 0.6 is 0 Å². The summed E-state index contributed by atoms with van der Waals surface area (Å²) in [5.41, 5.74) is 5.83. The van der Waals surface area contributed by atoms with Gasteiger partial charge in [0.1, 0.15) is 0 Å². The Hall–Kier alpha value is -0.160. The molecule has 2 unspecified atom stereocenters. The van der Waals surface area contributed by atoms with Crippen LogP contribution in [0.4, 0.5) is 0 Å². The van der Waals surface area contributed by atoms with Crippen LogP contribution < -0.4 is 5.73 Å². The first-order chi connectivity index (χ1) is 7.63. The number of hydrogen-bond donors (Lipinski definition) is 2. The van der Waals surface area contributed by atoms with Crippen LogP contribution in [0.2, 0.25) is 0 Å². The fraction of sp³-hybridized carbons (Fsp3) is 1.00. The van der Waals surface area contributed by atoms with Crippen LogP contribution in [0.15, 0.2) is 0 Å². The van der Waals surface area contributed by atoms with Gasteiger partial charge >= 0.3 is 0 Å². The molecule has 1 saturated heterocycles. The van der Waals surface area contributed by atoms with E-state index in [2.05, 4.69) is 16.8 Å². The van der Waals surface area contributed by atoms with E-state index in [0.717, 1.165) is 32.4 Å². The molecule has 3 N–H and O–H groups in total. The maximum Gasteiger partial charge on any atom is 0.0611 e. The van der Waals surface area contributed by atoms with E-state index in [9.17, 15) is 5.11 Å². The third kappa shape index (κ3) is 2.74. The molecule has 0 aromatic heterocycles. The normalized spacial score (nSPS) is 38.8. The summed E-state index contributed by atoms with van der Waals surface area (Å²) in [5, 5.41) is 9.29. The molecule has 0 aromatic rings. The van der Waals surface area contributed by atoms with Gasteiger partial charge in [-0.1, -0.05) is 0 Å². The summed E-state index contributed by atoms with van der Waals surface area (Å²) in [6.45, 7) is 4.85. The van der Waals surface area contributed by atoms with Crippen molar-refractivity contribution in [3.05, 3.63) is 0 Å². The van der Waals surface area contributed by atoms with Gasteiger partial charge in [0.15, 0.2) is 0 Å². The fourth-order valence-corrected chi connectivity index (χ4v) is 3.01. The SMILES string of the molecule is CN1CCCN(C2CCC(N)(CO)C2)CC1. The quantitative estimate of drug-likeness (QED) is 0.690. The van der Waals surface area contributed by atoms with Gasteiger partial charge in [0, 0.05) is 24.7 Å². The van der Waals surface area contributed by atoms with Crippen LogP contribution in [0, 0.1) is 0 Å². The molecule has 0 radical (unpaired) electrons. The lowest BCUT2D eigenvalue weighted by molar-refractivity contribution is 0.168. The average molecular weight is 227 g/mol. The molecule has 16 heavy (non-hydrogen) atoms. The number of hydrogen-bond acceptors (Lipinski definition) is 4. The highest BCUT2D eigenvalue weighted by Crippen LogP contribution is 2.31. The first kappa shape index (κ1) is 12.3. The molecule has 1 heterocycles. The summed E-state index contributed by atoms with van der Waals surface area (Å²) in [4.78, 5) is 4.98. The minimum absolute atomic E-state index is 0.136. The summed E-state index contributed by atoms with van der Waals surface area (Å²) in [6.07, 6.45) is 4.35. The zero-order valence-electron chi connectivity index (χ0n) is 10.4. The van der Waals surface area contributed by atoms with Gasteiger partial charge in [0.25, 0.3) is 0 Å². The largest absolute Gasteiger partial charge is 0.394 e. The molecule has 1 aliphatic carbocycles. The Morgan fingerprint density at radius 1 is 1.31 bits per heavy atom. The predicted molar refractivity (Wildman–Crippen MR) is 65.3 cm³/mol. The molecule has 1 saturated carbocycles. The van der Waals surface area contributed by atoms with Crippen LogP contribution in [0.25, 0.3) is 0 Å². The van der Waals surface area contributed by atoms with Gasteiger partial charge in [-0.15, -0.1) is 0 Å². The molecule has 4 nitrogen and oxygen atoms in total. The van der Waals surface area contributed by atoms with Crippen molar-refractivity contribution in [1.82, 2.24) is 9.80 Å². The van der Waals surface area contributed by atoms with Crippen molar-refractivity contribution in [3.8, 4) is 0 Å². The number of aliphatic hydroxyl groups excluding tert-OH is 1. The number of likely N-dealkylation sites (N-methyl/N-ethyl adjacent to an activating group) is 1. The Kier molecular flexibility index (Phi) is 3.85. The van der Waals surface area contributed by atoms with Crippen molar-refractivity contribution in [1.29, 1.82) is 0 Å². The molecule has 2 rings (SSSR count). The maximum absolute atomic E-state index is 9.29. The molecule has 2 aliphatic rings. The van der Waals surface area contributed by atoms with Crippen molar-refractivity contribution in [2.75, 3.05) is 39.8 Å². The molecule has 0 amide bonds. The highest BCUT2D eigenvalue weighted by atomic mass is 16.3. The molecule has 1 aliphatic heterocycles. The van der Waals surface area contributed by atoms with Gasteiger partial charge in [0.2, 0.25) is 0 Å². The van der Waals surface area contributed by atoms with Gasteiger partial charge in [-0.25, -0.2) is 0 Å². The number of aliphatic hydroxyl groups is 1. The molecule has 94 valence electrons. The second-order valence-corrected chi connectivity index (χ2v) is 5.61. The first-order valence-electron chi connectivity index (χ1n) is 6.45. The van der Waals surface area contributed by atoms with Crippen molar-refractivity contribution in [2.24, 2.45) is 5.73 Å². The Morgan fingerprint density at radius 2 is 2.12 bits per heavy atom. The van der Waals surface area contributed by atoms with E-state index in [1.54, 1.807) is 0 Å². The molecular formula is C12H25N3O. The van der Waals surface area contributed by atoms with Gasteiger partial charge in [-0.3, -0.25) is 4.90 Å². The lowest BCUT2D eigenvalue weighted by Gasteiger charge is -2.29.